The Morgan fingerprint density at radius 3 is 2.94 bits per heavy atom. The van der Waals surface area contributed by atoms with E-state index in [1.807, 2.05) is 0 Å². The number of hydrogen-bond acceptors (Lipinski definition) is 5. The molecule has 0 unspecified atom stereocenters. The molecule has 0 radical (unpaired) electrons. The Labute approximate surface area is 93.7 Å². The third kappa shape index (κ3) is 2.03. The zero-order chi connectivity index (χ0) is 11.7. The number of aromatic amines is 1. The van der Waals surface area contributed by atoms with Crippen LogP contribution in [0.15, 0.2) is 20.3 Å². The summed E-state index contributed by atoms with van der Waals surface area (Å²) in [6.45, 7) is 1.73. The first-order valence-corrected chi connectivity index (χ1v) is 4.72. The first-order valence-electron chi connectivity index (χ1n) is 4.35. The first-order chi connectivity index (χ1) is 7.56. The molecule has 0 aliphatic heterocycles. The molecule has 0 aromatic carbocycles. The molecule has 0 atom stereocenters. The highest BCUT2D eigenvalue weighted by Gasteiger charge is 2.07. The summed E-state index contributed by atoms with van der Waals surface area (Å²) in [6, 6.07) is 0. The maximum atomic E-state index is 11.4. The second-order valence-corrected chi connectivity index (χ2v) is 3.51. The number of halogens is 1. The van der Waals surface area contributed by atoms with Gasteiger partial charge in [-0.25, -0.2) is 4.79 Å². The highest BCUT2D eigenvalue weighted by atomic mass is 35.5. The van der Waals surface area contributed by atoms with Crippen LogP contribution in [-0.2, 0) is 6.54 Å². The summed E-state index contributed by atoms with van der Waals surface area (Å²) < 4.78 is 6.01. The van der Waals surface area contributed by atoms with Crippen LogP contribution in [0.5, 0.6) is 0 Å². The van der Waals surface area contributed by atoms with Crippen molar-refractivity contribution in [3.05, 3.63) is 43.8 Å². The molecule has 7 nitrogen and oxygen atoms in total. The van der Waals surface area contributed by atoms with Gasteiger partial charge < -0.3 is 4.52 Å². The minimum Gasteiger partial charge on any atom is -0.337 e. The van der Waals surface area contributed by atoms with Crippen molar-refractivity contribution in [2.45, 2.75) is 13.5 Å². The summed E-state index contributed by atoms with van der Waals surface area (Å²) in [6.07, 6.45) is 1.22. The number of nitrogens with one attached hydrogen (secondary N) is 1. The summed E-state index contributed by atoms with van der Waals surface area (Å²) in [4.78, 5) is 28.3. The maximum Gasteiger partial charge on any atom is 0.328 e. The SMILES string of the molecule is Cc1noc(Cn2cc(Cl)c(=O)[nH]c2=O)n1. The van der Waals surface area contributed by atoms with E-state index in [-0.39, 0.29) is 17.5 Å². The summed E-state index contributed by atoms with van der Waals surface area (Å²) in [5.74, 6) is 0.737. The lowest BCUT2D eigenvalue weighted by Gasteiger charge is -2.00. The van der Waals surface area contributed by atoms with Crippen LogP contribution < -0.4 is 11.2 Å². The van der Waals surface area contributed by atoms with Crippen LogP contribution >= 0.6 is 11.6 Å². The molecule has 0 saturated heterocycles. The molecule has 16 heavy (non-hydrogen) atoms. The molecule has 1 N–H and O–H groups in total. The van der Waals surface area contributed by atoms with Crippen LogP contribution in [0.2, 0.25) is 5.02 Å². The highest BCUT2D eigenvalue weighted by Crippen LogP contribution is 2.00. The molecule has 8 heteroatoms. The quantitative estimate of drug-likeness (QED) is 0.796. The molecule has 2 aromatic rings. The van der Waals surface area contributed by atoms with Crippen LogP contribution in [0.1, 0.15) is 11.7 Å². The molecule has 0 aliphatic carbocycles. The van der Waals surface area contributed by atoms with E-state index in [1.54, 1.807) is 6.92 Å². The van der Waals surface area contributed by atoms with Crippen LogP contribution in [0.3, 0.4) is 0 Å². The van der Waals surface area contributed by atoms with Crippen molar-refractivity contribution in [2.75, 3.05) is 0 Å². The van der Waals surface area contributed by atoms with E-state index in [1.165, 1.54) is 10.8 Å². The normalized spacial score (nSPS) is 10.6. The second kappa shape index (κ2) is 3.93. The topological polar surface area (TPSA) is 93.8 Å². The second-order valence-electron chi connectivity index (χ2n) is 3.10. The van der Waals surface area contributed by atoms with Crippen LogP contribution in [0.4, 0.5) is 0 Å². The monoisotopic (exact) mass is 242 g/mol. The van der Waals surface area contributed by atoms with Crippen molar-refractivity contribution >= 4 is 11.6 Å². The van der Waals surface area contributed by atoms with E-state index >= 15 is 0 Å². The van der Waals surface area contributed by atoms with Crippen LogP contribution in [0.25, 0.3) is 0 Å². The molecule has 2 aromatic heterocycles. The van der Waals surface area contributed by atoms with Gasteiger partial charge in [-0.15, -0.1) is 0 Å². The van der Waals surface area contributed by atoms with Crippen molar-refractivity contribution in [1.29, 1.82) is 0 Å². The smallest absolute Gasteiger partial charge is 0.328 e. The predicted octanol–water partition coefficient (Wildman–Crippen LogP) is -0.0703. The fourth-order valence-corrected chi connectivity index (χ4v) is 1.32. The summed E-state index contributed by atoms with van der Waals surface area (Å²) >= 11 is 5.59. The van der Waals surface area contributed by atoms with Gasteiger partial charge in [-0.05, 0) is 6.92 Å². The van der Waals surface area contributed by atoms with E-state index in [4.69, 9.17) is 16.1 Å². The average molecular weight is 243 g/mol. The first kappa shape index (κ1) is 10.6. The molecular weight excluding hydrogens is 236 g/mol. The maximum absolute atomic E-state index is 11.4. The van der Waals surface area contributed by atoms with Gasteiger partial charge in [0.05, 0.1) is 0 Å². The number of rotatable bonds is 2. The lowest BCUT2D eigenvalue weighted by atomic mass is 10.5. The molecule has 2 rings (SSSR count). The zero-order valence-corrected chi connectivity index (χ0v) is 8.98. The molecule has 2 heterocycles. The molecule has 0 fully saturated rings. The van der Waals surface area contributed by atoms with E-state index in [9.17, 15) is 9.59 Å². The van der Waals surface area contributed by atoms with Crippen molar-refractivity contribution < 1.29 is 4.52 Å². The fraction of sp³-hybridized carbons (Fsp3) is 0.250. The molecule has 0 spiro atoms. The van der Waals surface area contributed by atoms with Crippen molar-refractivity contribution in [2.24, 2.45) is 0 Å². The molecule has 0 bridgehead atoms. The molecule has 0 amide bonds. The number of nitrogens with zero attached hydrogens (tertiary/aromatic N) is 3. The molecule has 0 aliphatic rings. The van der Waals surface area contributed by atoms with E-state index < -0.39 is 11.2 Å². The third-order valence-corrected chi connectivity index (χ3v) is 2.11. The Balaban J connectivity index is 2.39. The van der Waals surface area contributed by atoms with E-state index in [0.717, 1.165) is 0 Å². The lowest BCUT2D eigenvalue weighted by Crippen LogP contribution is -2.30. The average Bonchev–Trinajstić information content (AvgIpc) is 2.60. The number of hydrogen-bond donors (Lipinski definition) is 1. The number of H-pyrrole nitrogens is 1. The third-order valence-electron chi connectivity index (χ3n) is 1.84. The molecule has 0 saturated carbocycles. The van der Waals surface area contributed by atoms with E-state index in [2.05, 4.69) is 15.1 Å². The minimum atomic E-state index is -0.621. The molecular formula is C8H7ClN4O3. The van der Waals surface area contributed by atoms with Gasteiger partial charge in [-0.2, -0.15) is 4.98 Å². The number of aryl methyl sites for hydroxylation is 1. The van der Waals surface area contributed by atoms with Gasteiger partial charge in [0, 0.05) is 6.20 Å². The number of aromatic nitrogens is 4. The van der Waals surface area contributed by atoms with Crippen molar-refractivity contribution in [3.8, 4) is 0 Å². The van der Waals surface area contributed by atoms with Gasteiger partial charge in [-0.1, -0.05) is 16.8 Å². The van der Waals surface area contributed by atoms with Crippen LogP contribution in [-0.4, -0.2) is 19.7 Å². The molecule has 84 valence electrons. The van der Waals surface area contributed by atoms with E-state index in [0.29, 0.717) is 5.82 Å². The highest BCUT2D eigenvalue weighted by molar-refractivity contribution is 6.30. The Kier molecular flexibility index (Phi) is 2.61. The standard InChI is InChI=1S/C8H7ClN4O3/c1-4-10-6(16-12-4)3-13-2-5(9)7(14)11-8(13)15/h2H,3H2,1H3,(H,11,14,15). The van der Waals surface area contributed by atoms with Gasteiger partial charge >= 0.3 is 5.69 Å². The largest absolute Gasteiger partial charge is 0.337 e. The summed E-state index contributed by atoms with van der Waals surface area (Å²) in [7, 11) is 0. The van der Waals surface area contributed by atoms with Crippen molar-refractivity contribution in [1.82, 2.24) is 19.7 Å². The van der Waals surface area contributed by atoms with Gasteiger partial charge in [0.15, 0.2) is 5.82 Å². The van der Waals surface area contributed by atoms with Gasteiger partial charge in [0.25, 0.3) is 5.56 Å². The zero-order valence-electron chi connectivity index (χ0n) is 8.23. The predicted molar refractivity (Wildman–Crippen MR) is 54.5 cm³/mol. The Bertz CT molecular complexity index is 627. The van der Waals surface area contributed by atoms with Gasteiger partial charge in [0.2, 0.25) is 5.89 Å². The summed E-state index contributed by atoms with van der Waals surface area (Å²) in [5.41, 5.74) is -1.20. The lowest BCUT2D eigenvalue weighted by molar-refractivity contribution is 0.365. The fourth-order valence-electron chi connectivity index (χ4n) is 1.15. The van der Waals surface area contributed by atoms with Crippen LogP contribution in [0, 0.1) is 6.92 Å². The van der Waals surface area contributed by atoms with Crippen molar-refractivity contribution in [3.63, 3.8) is 0 Å². The minimum absolute atomic E-state index is 0.0656. The Morgan fingerprint density at radius 2 is 2.31 bits per heavy atom. The Morgan fingerprint density at radius 1 is 1.56 bits per heavy atom. The summed E-state index contributed by atoms with van der Waals surface area (Å²) in [5, 5.41) is 3.50. The Hall–Kier alpha value is -1.89. The van der Waals surface area contributed by atoms with Gasteiger partial charge in [-0.3, -0.25) is 14.3 Å². The van der Waals surface area contributed by atoms with Gasteiger partial charge in [0.1, 0.15) is 11.6 Å².